The van der Waals surface area contributed by atoms with Gasteiger partial charge in [0.1, 0.15) is 12.0 Å². The molecule has 0 fully saturated rings. The first kappa shape index (κ1) is 42.6. The Labute approximate surface area is 412 Å². The van der Waals surface area contributed by atoms with E-state index < -0.39 is 0 Å². The molecular weight excluding hydrogens is 859 g/mol. The molecule has 7 unspecified atom stereocenters. The maximum absolute atomic E-state index is 5.78. The predicted molar refractivity (Wildman–Crippen MR) is 287 cm³/mol. The normalized spacial score (nSPS) is 26.7. The quantitative estimate of drug-likeness (QED) is 0.157. The number of anilines is 1. The number of aliphatic imine (C=N–C) groups is 1. The van der Waals surface area contributed by atoms with Crippen molar-refractivity contribution in [2.24, 2.45) is 16.8 Å². The van der Waals surface area contributed by atoms with Gasteiger partial charge < -0.3 is 10.2 Å². The van der Waals surface area contributed by atoms with Crippen LogP contribution in [0.2, 0.25) is 0 Å². The smallest absolute Gasteiger partial charge is 0.133 e. The minimum Gasteiger partial charge on any atom is -0.354 e. The van der Waals surface area contributed by atoms with Gasteiger partial charge in [0.2, 0.25) is 0 Å². The molecule has 8 aliphatic rings. The number of nitrogens with zero attached hydrogens (tertiary/aromatic N) is 4. The standard InChI is InChI=1S/C63H59N5S/c1-67-62(44-27-13-5-14-28-44)65-61(43-25-11-4-12-26-43)66-63(67)53-39-45(56-47(41-21-7-2-8-22-41)32-19-33-48(56)42-23-9-3-10-24-42)40-64-58(53)52-35-20-34-49-50-37-38-55-57(60(50)69-59(49)52)51-31-17-18-36-54(51)68(55)46-29-15-6-16-30-46/h2,4-7,9,11-21,23,25-27,29-30,32-36,39-40,42,44,50-51,60,62-63H,3,8,10,22,24,28,31,37-38H2,1H3,(H,65,66). The molecule has 0 saturated heterocycles. The zero-order valence-electron chi connectivity index (χ0n) is 39.4. The highest BCUT2D eigenvalue weighted by Gasteiger charge is 2.49. The number of benzene rings is 4. The third-order valence-electron chi connectivity index (χ3n) is 16.1. The van der Waals surface area contributed by atoms with Gasteiger partial charge in [-0.2, -0.15) is 0 Å². The number of allylic oxidation sites excluding steroid dienone is 14. The molecule has 1 aromatic heterocycles. The fourth-order valence-corrected chi connectivity index (χ4v) is 14.7. The molecule has 4 heterocycles. The molecule has 5 aromatic rings. The molecule has 6 heteroatoms. The fourth-order valence-electron chi connectivity index (χ4n) is 12.9. The van der Waals surface area contributed by atoms with Crippen LogP contribution < -0.4 is 10.2 Å². The third kappa shape index (κ3) is 7.50. The molecule has 342 valence electrons. The molecule has 0 saturated carbocycles. The van der Waals surface area contributed by atoms with E-state index in [4.69, 9.17) is 9.98 Å². The van der Waals surface area contributed by atoms with E-state index in [9.17, 15) is 0 Å². The van der Waals surface area contributed by atoms with Crippen LogP contribution in [0.3, 0.4) is 0 Å². The van der Waals surface area contributed by atoms with E-state index in [-0.39, 0.29) is 18.2 Å². The van der Waals surface area contributed by atoms with Crippen molar-refractivity contribution in [3.8, 4) is 22.4 Å². The summed E-state index contributed by atoms with van der Waals surface area (Å²) in [4.78, 5) is 18.0. The van der Waals surface area contributed by atoms with Gasteiger partial charge in [0.05, 0.1) is 11.9 Å². The number of para-hydroxylation sites is 1. The second-order valence-electron chi connectivity index (χ2n) is 20.0. The summed E-state index contributed by atoms with van der Waals surface area (Å²) in [5, 5.41) is 4.33. The Morgan fingerprint density at radius 3 is 2.33 bits per heavy atom. The molecular formula is C63H59N5S. The summed E-state index contributed by atoms with van der Waals surface area (Å²) >= 11 is 2.11. The maximum atomic E-state index is 5.78. The molecule has 5 aliphatic carbocycles. The summed E-state index contributed by atoms with van der Waals surface area (Å²) in [5.41, 5.74) is 18.5. The number of thioether (sulfide) groups is 1. The molecule has 0 radical (unpaired) electrons. The Hall–Kier alpha value is -6.47. The Morgan fingerprint density at radius 1 is 0.696 bits per heavy atom. The van der Waals surface area contributed by atoms with E-state index >= 15 is 0 Å². The molecule has 3 aliphatic heterocycles. The zero-order chi connectivity index (χ0) is 45.8. The monoisotopic (exact) mass is 917 g/mol. The number of hydrogen-bond donors (Lipinski definition) is 1. The van der Waals surface area contributed by atoms with E-state index in [0.717, 1.165) is 74.0 Å². The van der Waals surface area contributed by atoms with Crippen molar-refractivity contribution in [3.63, 3.8) is 0 Å². The lowest BCUT2D eigenvalue weighted by Gasteiger charge is -2.42. The minimum absolute atomic E-state index is 0.0145. The van der Waals surface area contributed by atoms with Gasteiger partial charge in [-0.25, -0.2) is 4.99 Å². The van der Waals surface area contributed by atoms with Gasteiger partial charge in [0, 0.05) is 79.3 Å². The fraction of sp³-hybridized carbons (Fsp3) is 0.270. The van der Waals surface area contributed by atoms with Crippen LogP contribution in [0.15, 0.2) is 209 Å². The van der Waals surface area contributed by atoms with E-state index in [1.807, 2.05) is 0 Å². The van der Waals surface area contributed by atoms with E-state index in [2.05, 4.69) is 216 Å². The molecule has 0 spiro atoms. The van der Waals surface area contributed by atoms with Crippen molar-refractivity contribution >= 4 is 28.9 Å². The second kappa shape index (κ2) is 18.1. The maximum Gasteiger partial charge on any atom is 0.133 e. The number of pyridine rings is 1. The van der Waals surface area contributed by atoms with Gasteiger partial charge in [-0.15, -0.1) is 11.8 Å². The van der Waals surface area contributed by atoms with Crippen LogP contribution in [-0.2, 0) is 0 Å². The minimum atomic E-state index is -0.301. The molecule has 0 amide bonds. The summed E-state index contributed by atoms with van der Waals surface area (Å²) in [6.07, 6.45) is 39.6. The highest BCUT2D eigenvalue weighted by molar-refractivity contribution is 8.00. The van der Waals surface area contributed by atoms with Crippen molar-refractivity contribution in [2.45, 2.75) is 92.1 Å². The van der Waals surface area contributed by atoms with Gasteiger partial charge >= 0.3 is 0 Å². The SMILES string of the molecule is CN1C(c2cc(-c3c(C4=CC=CCC4)cccc3C3C=CCCC3)cnc2-c2cccc3c2SC2C4=C(CCC32)N(c2ccccc2)C2=CC=CCC24)N=C(c2ccccc2)NC1C1C=CC=CC1. The van der Waals surface area contributed by atoms with Crippen LogP contribution in [0, 0.1) is 11.8 Å². The van der Waals surface area contributed by atoms with Gasteiger partial charge in [-0.3, -0.25) is 9.88 Å². The number of amidine groups is 1. The van der Waals surface area contributed by atoms with Crippen molar-refractivity contribution in [3.05, 3.63) is 227 Å². The van der Waals surface area contributed by atoms with Crippen LogP contribution in [0.4, 0.5) is 5.69 Å². The van der Waals surface area contributed by atoms with Crippen LogP contribution in [0.1, 0.15) is 104 Å². The van der Waals surface area contributed by atoms with Crippen molar-refractivity contribution in [1.29, 1.82) is 0 Å². The predicted octanol–water partition coefficient (Wildman–Crippen LogP) is 15.0. The Kier molecular flexibility index (Phi) is 11.2. The summed E-state index contributed by atoms with van der Waals surface area (Å²) < 4.78 is 0. The van der Waals surface area contributed by atoms with Crippen molar-refractivity contribution in [2.75, 3.05) is 11.9 Å². The first-order chi connectivity index (χ1) is 34.2. The molecule has 0 bridgehead atoms. The van der Waals surface area contributed by atoms with E-state index in [1.165, 1.54) is 67.4 Å². The molecule has 4 aromatic carbocycles. The molecule has 5 nitrogen and oxygen atoms in total. The van der Waals surface area contributed by atoms with Gasteiger partial charge in [-0.05, 0) is 123 Å². The number of hydrogen-bond acceptors (Lipinski definition) is 6. The lowest BCUT2D eigenvalue weighted by atomic mass is 9.77. The summed E-state index contributed by atoms with van der Waals surface area (Å²) in [6.45, 7) is 0. The van der Waals surface area contributed by atoms with Crippen molar-refractivity contribution in [1.82, 2.24) is 15.2 Å². The Balaban J connectivity index is 0.996. The number of aromatic nitrogens is 1. The zero-order valence-corrected chi connectivity index (χ0v) is 40.2. The average molecular weight is 918 g/mol. The van der Waals surface area contributed by atoms with E-state index in [1.54, 1.807) is 5.57 Å². The largest absolute Gasteiger partial charge is 0.354 e. The average Bonchev–Trinajstić information content (AvgIpc) is 3.98. The van der Waals surface area contributed by atoms with Crippen molar-refractivity contribution < 1.29 is 0 Å². The lowest BCUT2D eigenvalue weighted by molar-refractivity contribution is 0.118. The summed E-state index contributed by atoms with van der Waals surface area (Å²) in [6, 6.07) is 38.5. The molecule has 13 rings (SSSR count). The van der Waals surface area contributed by atoms with Crippen LogP contribution in [0.5, 0.6) is 0 Å². The second-order valence-corrected chi connectivity index (χ2v) is 21.2. The van der Waals surface area contributed by atoms with Gasteiger partial charge in [0.25, 0.3) is 0 Å². The van der Waals surface area contributed by atoms with E-state index in [0.29, 0.717) is 23.0 Å². The highest BCUT2D eigenvalue weighted by Crippen LogP contribution is 2.62. The lowest BCUT2D eigenvalue weighted by Crippen LogP contribution is -2.55. The first-order valence-corrected chi connectivity index (χ1v) is 26.4. The van der Waals surface area contributed by atoms with Crippen LogP contribution >= 0.6 is 11.8 Å². The summed E-state index contributed by atoms with van der Waals surface area (Å²) in [7, 11) is 2.27. The molecule has 69 heavy (non-hydrogen) atoms. The Morgan fingerprint density at radius 2 is 1.52 bits per heavy atom. The topological polar surface area (TPSA) is 43.8 Å². The number of rotatable bonds is 8. The highest BCUT2D eigenvalue weighted by atomic mass is 32.2. The first-order valence-electron chi connectivity index (χ1n) is 25.5. The number of fused-ring (bicyclic) bond motifs is 6. The van der Waals surface area contributed by atoms with Crippen LogP contribution in [0.25, 0.3) is 28.0 Å². The summed E-state index contributed by atoms with van der Waals surface area (Å²) in [5.74, 6) is 2.41. The van der Waals surface area contributed by atoms with Gasteiger partial charge in [0.15, 0.2) is 0 Å². The number of nitrogens with one attached hydrogen (secondary N) is 1. The van der Waals surface area contributed by atoms with Gasteiger partial charge in [-0.1, -0.05) is 152 Å². The third-order valence-corrected chi connectivity index (χ3v) is 17.6. The Bertz CT molecular complexity index is 3110. The molecule has 7 atom stereocenters. The molecule has 1 N–H and O–H groups in total. The van der Waals surface area contributed by atoms with Crippen LogP contribution in [-0.4, -0.2) is 34.2 Å².